The quantitative estimate of drug-likeness (QED) is 0.234. The summed E-state index contributed by atoms with van der Waals surface area (Å²) < 4.78 is 11.0. The van der Waals surface area contributed by atoms with Crippen molar-refractivity contribution in [2.75, 3.05) is 20.8 Å². The number of amides is 1. The fourth-order valence-corrected chi connectivity index (χ4v) is 5.04. The van der Waals surface area contributed by atoms with Gasteiger partial charge in [0.25, 0.3) is 0 Å². The first-order chi connectivity index (χ1) is 16.1. The summed E-state index contributed by atoms with van der Waals surface area (Å²) in [5, 5.41) is 2.11. The molecule has 184 valence electrons. The molecule has 0 spiro atoms. The van der Waals surface area contributed by atoms with Crippen LogP contribution in [0, 0.1) is 11.3 Å². The van der Waals surface area contributed by atoms with E-state index in [0.29, 0.717) is 31.0 Å². The minimum absolute atomic E-state index is 0.144. The number of benzene rings is 2. The van der Waals surface area contributed by atoms with E-state index in [0.717, 1.165) is 22.9 Å². The number of hydrogen-bond donors (Lipinski definition) is 0. The molecule has 1 fully saturated rings. The Labute approximate surface area is 208 Å². The van der Waals surface area contributed by atoms with Crippen LogP contribution in [0.1, 0.15) is 17.5 Å². The van der Waals surface area contributed by atoms with Crippen LogP contribution in [-0.4, -0.2) is 45.8 Å². The predicted octanol–water partition coefficient (Wildman–Crippen LogP) is 5.37. The molecule has 0 radical (unpaired) electrons. The van der Waals surface area contributed by atoms with Crippen molar-refractivity contribution in [3.63, 3.8) is 0 Å². The number of rotatable bonds is 11. The third-order valence-corrected chi connectivity index (χ3v) is 8.23. The van der Waals surface area contributed by atoms with Gasteiger partial charge >= 0.3 is 5.97 Å². The van der Waals surface area contributed by atoms with Gasteiger partial charge in [-0.2, -0.15) is 0 Å². The highest BCUT2D eigenvalue weighted by atomic mass is 35.5. The Balaban J connectivity index is 1.64. The molecule has 0 saturated heterocycles. The van der Waals surface area contributed by atoms with Crippen LogP contribution in [0.2, 0.25) is 30.7 Å². The van der Waals surface area contributed by atoms with E-state index in [1.165, 1.54) is 19.3 Å². The zero-order valence-corrected chi connectivity index (χ0v) is 22.4. The average Bonchev–Trinajstić information content (AvgIpc) is 3.53. The van der Waals surface area contributed by atoms with Gasteiger partial charge in [-0.1, -0.05) is 55.5 Å². The molecule has 34 heavy (non-hydrogen) atoms. The number of hydroxylamine groups is 2. The van der Waals surface area contributed by atoms with Crippen LogP contribution >= 0.6 is 11.6 Å². The maximum absolute atomic E-state index is 13.2. The van der Waals surface area contributed by atoms with Crippen molar-refractivity contribution in [3.05, 3.63) is 64.7 Å². The van der Waals surface area contributed by atoms with Crippen LogP contribution in [0.4, 0.5) is 0 Å². The van der Waals surface area contributed by atoms with Crippen molar-refractivity contribution in [1.82, 2.24) is 5.06 Å². The van der Waals surface area contributed by atoms with Gasteiger partial charge in [0.1, 0.15) is 12.4 Å². The largest absolute Gasteiger partial charge is 0.489 e. The molecule has 2 atom stereocenters. The minimum Gasteiger partial charge on any atom is -0.489 e. The Kier molecular flexibility index (Phi) is 8.44. The first kappa shape index (κ1) is 26.3. The fraction of sp³-hybridized carbons (Fsp3) is 0.462. The summed E-state index contributed by atoms with van der Waals surface area (Å²) in [6.07, 6.45) is 0.888. The molecule has 6 nitrogen and oxygen atoms in total. The van der Waals surface area contributed by atoms with Gasteiger partial charge in [-0.15, -0.1) is 0 Å². The van der Waals surface area contributed by atoms with Crippen molar-refractivity contribution in [2.24, 2.45) is 11.3 Å². The number of methoxy groups -OCH3 is 1. The Morgan fingerprint density at radius 1 is 1.03 bits per heavy atom. The van der Waals surface area contributed by atoms with Gasteiger partial charge in [0.05, 0.1) is 25.6 Å². The lowest BCUT2D eigenvalue weighted by Gasteiger charge is -2.25. The SMILES string of the molecule is COC(=O)[C@@]1(Cc2ccc(OCc3ccc(Cl)cc3)cc2)CC1C(=O)N(CC[Si](C)(C)C)OC. The van der Waals surface area contributed by atoms with Gasteiger partial charge in [0.2, 0.25) is 5.91 Å². The molecular formula is C26H34ClNO5Si. The number of carbonyl (C=O) groups is 2. The van der Waals surface area contributed by atoms with Crippen molar-refractivity contribution in [1.29, 1.82) is 0 Å². The molecule has 0 aromatic heterocycles. The molecule has 0 aliphatic heterocycles. The lowest BCUT2D eigenvalue weighted by atomic mass is 9.93. The van der Waals surface area contributed by atoms with Crippen LogP contribution in [0.15, 0.2) is 48.5 Å². The van der Waals surface area contributed by atoms with E-state index in [4.69, 9.17) is 25.9 Å². The molecule has 8 heteroatoms. The second kappa shape index (κ2) is 10.9. The first-order valence-corrected chi connectivity index (χ1v) is 15.6. The number of esters is 1. The highest BCUT2D eigenvalue weighted by Gasteiger charge is 2.65. The standard InChI is InChI=1S/C26H34ClNO5Si/c1-31-25(30)26(17-23(26)24(29)28(32-2)14-15-34(3,4)5)16-19-8-12-22(13-9-19)33-18-20-6-10-21(27)11-7-20/h6-13,23H,14-18H2,1-5H3/t23?,26-/m0/s1. The van der Waals surface area contributed by atoms with Gasteiger partial charge in [-0.25, -0.2) is 5.06 Å². The molecule has 3 rings (SSSR count). The molecule has 1 aliphatic rings. The van der Waals surface area contributed by atoms with E-state index < -0.39 is 19.4 Å². The van der Waals surface area contributed by atoms with E-state index in [9.17, 15) is 9.59 Å². The lowest BCUT2D eigenvalue weighted by Crippen LogP contribution is -2.38. The molecular weight excluding hydrogens is 470 g/mol. The fourth-order valence-electron chi connectivity index (χ4n) is 4.04. The monoisotopic (exact) mass is 503 g/mol. The van der Waals surface area contributed by atoms with Gasteiger partial charge in [-0.05, 0) is 54.3 Å². The van der Waals surface area contributed by atoms with Crippen molar-refractivity contribution in [2.45, 2.75) is 45.1 Å². The highest BCUT2D eigenvalue weighted by Crippen LogP contribution is 2.56. The van der Waals surface area contributed by atoms with Crippen LogP contribution < -0.4 is 4.74 Å². The Hall–Kier alpha value is -2.35. The Morgan fingerprint density at radius 2 is 1.65 bits per heavy atom. The van der Waals surface area contributed by atoms with Crippen molar-refractivity contribution in [3.8, 4) is 5.75 Å². The number of carbonyl (C=O) groups excluding carboxylic acids is 2. The van der Waals surface area contributed by atoms with Gasteiger partial charge in [-0.3, -0.25) is 14.4 Å². The second-order valence-corrected chi connectivity index (χ2v) is 16.1. The third-order valence-electron chi connectivity index (χ3n) is 6.26. The summed E-state index contributed by atoms with van der Waals surface area (Å²) in [6, 6.07) is 16.1. The maximum Gasteiger partial charge on any atom is 0.312 e. The average molecular weight is 504 g/mol. The van der Waals surface area contributed by atoms with Crippen molar-refractivity contribution >= 4 is 31.6 Å². The predicted molar refractivity (Wildman–Crippen MR) is 135 cm³/mol. The number of nitrogens with zero attached hydrogens (tertiary/aromatic N) is 1. The van der Waals surface area contributed by atoms with Gasteiger partial charge in [0, 0.05) is 19.6 Å². The zero-order chi connectivity index (χ0) is 24.9. The van der Waals surface area contributed by atoms with Crippen molar-refractivity contribution < 1.29 is 23.9 Å². The highest BCUT2D eigenvalue weighted by molar-refractivity contribution is 6.76. The summed E-state index contributed by atoms with van der Waals surface area (Å²) in [7, 11) is 1.54. The van der Waals surface area contributed by atoms with E-state index in [1.54, 1.807) is 0 Å². The summed E-state index contributed by atoms with van der Waals surface area (Å²) in [6.45, 7) is 7.74. The zero-order valence-electron chi connectivity index (χ0n) is 20.6. The summed E-state index contributed by atoms with van der Waals surface area (Å²) in [4.78, 5) is 31.3. The minimum atomic E-state index is -1.34. The normalized spacial score (nSPS) is 19.4. The topological polar surface area (TPSA) is 65.1 Å². The Bertz CT molecular complexity index is 990. The third kappa shape index (κ3) is 6.61. The van der Waals surface area contributed by atoms with E-state index in [-0.39, 0.29) is 11.9 Å². The summed E-state index contributed by atoms with van der Waals surface area (Å²) >= 11 is 5.92. The molecule has 1 unspecified atom stereocenters. The number of ether oxygens (including phenoxy) is 2. The molecule has 0 bridgehead atoms. The van der Waals surface area contributed by atoms with E-state index in [2.05, 4.69) is 19.6 Å². The second-order valence-electron chi connectivity index (χ2n) is 10.1. The smallest absolute Gasteiger partial charge is 0.312 e. The molecule has 1 saturated carbocycles. The molecule has 1 amide bonds. The number of halogens is 1. The molecule has 2 aromatic rings. The summed E-state index contributed by atoms with van der Waals surface area (Å²) in [5.41, 5.74) is 1.12. The van der Waals surface area contributed by atoms with Crippen LogP contribution in [0.3, 0.4) is 0 Å². The molecule has 0 N–H and O–H groups in total. The van der Waals surface area contributed by atoms with Gasteiger partial charge < -0.3 is 9.47 Å². The van der Waals surface area contributed by atoms with E-state index in [1.807, 2.05) is 48.5 Å². The molecule has 2 aromatic carbocycles. The Morgan fingerprint density at radius 3 is 2.21 bits per heavy atom. The van der Waals surface area contributed by atoms with E-state index >= 15 is 0 Å². The first-order valence-electron chi connectivity index (χ1n) is 11.5. The lowest BCUT2D eigenvalue weighted by molar-refractivity contribution is -0.178. The number of hydrogen-bond acceptors (Lipinski definition) is 5. The summed E-state index contributed by atoms with van der Waals surface area (Å²) in [5.74, 6) is -0.210. The maximum atomic E-state index is 13.2. The van der Waals surface area contributed by atoms with Crippen LogP contribution in [-0.2, 0) is 32.2 Å². The molecule has 0 heterocycles. The van der Waals surface area contributed by atoms with Crippen LogP contribution in [0.25, 0.3) is 0 Å². The van der Waals surface area contributed by atoms with Gasteiger partial charge in [0.15, 0.2) is 0 Å². The molecule has 1 aliphatic carbocycles. The van der Waals surface area contributed by atoms with Crippen LogP contribution in [0.5, 0.6) is 5.75 Å².